The number of hydrazine groups is 2. The summed E-state index contributed by atoms with van der Waals surface area (Å²) in [4.78, 5) is 0. The Balaban J connectivity index is 3.44. The summed E-state index contributed by atoms with van der Waals surface area (Å²) in [6.07, 6.45) is 0. The Kier molecular flexibility index (Phi) is 3.40. The lowest BCUT2D eigenvalue weighted by Crippen LogP contribution is -2.65. The third kappa shape index (κ3) is 9.80. The molecule has 0 saturated carbocycles. The first-order valence-electron chi connectivity index (χ1n) is 3.63. The molecule has 0 saturated heterocycles. The molecule has 0 aromatic rings. The van der Waals surface area contributed by atoms with Crippen LogP contribution in [0.25, 0.3) is 0 Å². The lowest BCUT2D eigenvalue weighted by molar-refractivity contribution is -0.951. The second-order valence-electron chi connectivity index (χ2n) is 4.37. The molecule has 0 radical (unpaired) electrons. The molecular formula is C6H21N5+2. The molecule has 0 aromatic carbocycles. The van der Waals surface area contributed by atoms with Gasteiger partial charge >= 0.3 is 0 Å². The molecule has 0 amide bonds. The largest absolute Gasteiger partial charge is 0.238 e. The van der Waals surface area contributed by atoms with Crippen LogP contribution in [-0.2, 0) is 0 Å². The number of quaternary nitrogens is 2. The molecule has 0 atom stereocenters. The molecule has 0 aliphatic heterocycles. The van der Waals surface area contributed by atoms with Crippen LogP contribution in [0, 0.1) is 0 Å². The van der Waals surface area contributed by atoms with Gasteiger partial charge in [0.05, 0.1) is 42.3 Å². The van der Waals surface area contributed by atoms with Crippen molar-refractivity contribution in [3.63, 3.8) is 0 Å². The highest BCUT2D eigenvalue weighted by molar-refractivity contribution is 4.01. The van der Waals surface area contributed by atoms with Gasteiger partial charge in [-0.3, -0.25) is 0 Å². The summed E-state index contributed by atoms with van der Waals surface area (Å²) in [5.74, 6) is 0. The summed E-state index contributed by atoms with van der Waals surface area (Å²) >= 11 is 0. The quantitative estimate of drug-likeness (QED) is 0.361. The maximum atomic E-state index is 3.04. The van der Waals surface area contributed by atoms with E-state index in [1.165, 1.54) is 0 Å². The van der Waals surface area contributed by atoms with Gasteiger partial charge in [-0.05, 0) is 0 Å². The van der Waals surface area contributed by atoms with Gasteiger partial charge in [-0.15, -0.1) is 5.53 Å². The van der Waals surface area contributed by atoms with Crippen LogP contribution in [-0.4, -0.2) is 51.5 Å². The Morgan fingerprint density at radius 2 is 0.909 bits per heavy atom. The molecule has 0 aliphatic carbocycles. The molecule has 68 valence electrons. The molecule has 5 nitrogen and oxygen atoms in total. The zero-order chi connectivity index (χ0) is 9.12. The molecule has 11 heavy (non-hydrogen) atoms. The average molecular weight is 163 g/mol. The highest BCUT2D eigenvalue weighted by Gasteiger charge is 2.08. The Labute approximate surface area is 69.0 Å². The Morgan fingerprint density at radius 3 is 1.09 bits per heavy atom. The van der Waals surface area contributed by atoms with Gasteiger partial charge in [0.2, 0.25) is 0 Å². The van der Waals surface area contributed by atoms with Crippen LogP contribution >= 0.6 is 0 Å². The molecule has 5 heteroatoms. The first-order valence-corrected chi connectivity index (χ1v) is 3.63. The number of hydrogen-bond donors (Lipinski definition) is 3. The summed E-state index contributed by atoms with van der Waals surface area (Å²) in [7, 11) is 12.2. The fraction of sp³-hybridized carbons (Fsp3) is 1.00. The first kappa shape index (κ1) is 10.8. The van der Waals surface area contributed by atoms with E-state index in [4.69, 9.17) is 0 Å². The van der Waals surface area contributed by atoms with Gasteiger partial charge in [0.1, 0.15) is 0 Å². The zero-order valence-corrected chi connectivity index (χ0v) is 8.39. The van der Waals surface area contributed by atoms with Crippen LogP contribution in [0.1, 0.15) is 0 Å². The number of hydrogen-bond acceptors (Lipinski definition) is 3. The summed E-state index contributed by atoms with van der Waals surface area (Å²) in [5, 5.41) is 0. The third-order valence-corrected chi connectivity index (χ3v) is 0.783. The van der Waals surface area contributed by atoms with Gasteiger partial charge in [-0.25, -0.2) is 9.18 Å². The minimum atomic E-state index is 0.660. The van der Waals surface area contributed by atoms with Crippen molar-refractivity contribution in [2.75, 3.05) is 42.3 Å². The van der Waals surface area contributed by atoms with Crippen LogP contribution in [0.2, 0.25) is 0 Å². The van der Waals surface area contributed by atoms with Crippen LogP contribution in [0.15, 0.2) is 0 Å². The second-order valence-corrected chi connectivity index (χ2v) is 4.37. The highest BCUT2D eigenvalue weighted by atomic mass is 15.9. The van der Waals surface area contributed by atoms with E-state index in [1.807, 2.05) is 42.3 Å². The summed E-state index contributed by atoms with van der Waals surface area (Å²) < 4.78 is 1.32. The topological polar surface area (TPSA) is 36.1 Å². The normalized spacial score (nSPS) is 13.6. The number of rotatable bonds is 4. The molecule has 0 fully saturated rings. The van der Waals surface area contributed by atoms with Gasteiger partial charge in [0.15, 0.2) is 0 Å². The SMILES string of the molecule is C[N+](C)(C)NNN[N+](C)(C)C. The third-order valence-electron chi connectivity index (χ3n) is 0.783. The molecule has 0 heterocycles. The van der Waals surface area contributed by atoms with Crippen LogP contribution in [0.3, 0.4) is 0 Å². The molecule has 0 spiro atoms. The number of nitrogens with one attached hydrogen (secondary N) is 3. The van der Waals surface area contributed by atoms with E-state index in [0.29, 0.717) is 9.18 Å². The molecule has 3 N–H and O–H groups in total. The molecule has 0 unspecified atom stereocenters. The number of nitrogens with zero attached hydrogens (tertiary/aromatic N) is 2. The van der Waals surface area contributed by atoms with Crippen molar-refractivity contribution in [1.82, 2.24) is 16.6 Å². The molecule has 0 bridgehead atoms. The van der Waals surface area contributed by atoms with Crippen LogP contribution < -0.4 is 16.6 Å². The van der Waals surface area contributed by atoms with E-state index in [0.717, 1.165) is 0 Å². The van der Waals surface area contributed by atoms with Crippen molar-refractivity contribution in [3.8, 4) is 0 Å². The van der Waals surface area contributed by atoms with Crippen molar-refractivity contribution in [3.05, 3.63) is 0 Å². The van der Waals surface area contributed by atoms with Crippen molar-refractivity contribution in [2.45, 2.75) is 0 Å². The summed E-state index contributed by atoms with van der Waals surface area (Å²) in [6.45, 7) is 0. The monoisotopic (exact) mass is 163 g/mol. The Hall–Kier alpha value is -0.200. The van der Waals surface area contributed by atoms with Crippen molar-refractivity contribution < 1.29 is 9.18 Å². The van der Waals surface area contributed by atoms with Gasteiger partial charge in [-0.2, -0.15) is 0 Å². The zero-order valence-electron chi connectivity index (χ0n) is 8.39. The summed E-state index contributed by atoms with van der Waals surface area (Å²) in [5.41, 5.74) is 8.99. The standard InChI is InChI=1S/C6H21N5/c1-10(2,3)8-7-9-11(4,5)6/h7-9H,1-6H3/q+2. The average Bonchev–Trinajstić information content (AvgIpc) is 1.55. The first-order chi connectivity index (χ1) is 4.71. The highest BCUT2D eigenvalue weighted by Crippen LogP contribution is 1.78. The molecular weight excluding hydrogens is 142 g/mol. The maximum Gasteiger partial charge on any atom is 0.0866 e. The second kappa shape index (κ2) is 3.46. The minimum absolute atomic E-state index is 0.660. The lowest BCUT2D eigenvalue weighted by Gasteiger charge is -2.28. The maximum absolute atomic E-state index is 3.04. The van der Waals surface area contributed by atoms with Gasteiger partial charge in [0, 0.05) is 0 Å². The van der Waals surface area contributed by atoms with Gasteiger partial charge in [0.25, 0.3) is 0 Å². The predicted octanol–water partition coefficient (Wildman–Crippen LogP) is -1.17. The van der Waals surface area contributed by atoms with Gasteiger partial charge < -0.3 is 0 Å². The van der Waals surface area contributed by atoms with E-state index >= 15 is 0 Å². The fourth-order valence-corrected chi connectivity index (χ4v) is 0.360. The van der Waals surface area contributed by atoms with E-state index in [9.17, 15) is 0 Å². The molecule has 0 rings (SSSR count). The predicted molar refractivity (Wildman–Crippen MR) is 45.5 cm³/mol. The van der Waals surface area contributed by atoms with Crippen LogP contribution in [0.5, 0.6) is 0 Å². The Morgan fingerprint density at radius 1 is 0.636 bits per heavy atom. The summed E-state index contributed by atoms with van der Waals surface area (Å²) in [6, 6.07) is 0. The van der Waals surface area contributed by atoms with Crippen LogP contribution in [0.4, 0.5) is 0 Å². The van der Waals surface area contributed by atoms with E-state index in [-0.39, 0.29) is 0 Å². The smallest absolute Gasteiger partial charge is 0.0866 e. The lowest BCUT2D eigenvalue weighted by atomic mass is 10.9. The Bertz CT molecular complexity index is 95.1. The fourth-order valence-electron chi connectivity index (χ4n) is 0.360. The molecule has 0 aliphatic rings. The van der Waals surface area contributed by atoms with Crippen molar-refractivity contribution in [1.29, 1.82) is 0 Å². The van der Waals surface area contributed by atoms with Gasteiger partial charge in [-0.1, -0.05) is 11.1 Å². The molecule has 0 aromatic heterocycles. The van der Waals surface area contributed by atoms with Crippen molar-refractivity contribution >= 4 is 0 Å². The van der Waals surface area contributed by atoms with E-state index in [2.05, 4.69) is 16.6 Å². The van der Waals surface area contributed by atoms with E-state index < -0.39 is 0 Å². The van der Waals surface area contributed by atoms with Crippen molar-refractivity contribution in [2.24, 2.45) is 0 Å². The minimum Gasteiger partial charge on any atom is -0.238 e. The van der Waals surface area contributed by atoms with E-state index in [1.54, 1.807) is 0 Å².